The summed E-state index contributed by atoms with van der Waals surface area (Å²) >= 11 is 0. The lowest BCUT2D eigenvalue weighted by Gasteiger charge is -2.38. The number of Topliss-reactive ketones (excluding diaryl/α,β-unsaturated/α-hetero) is 1. The Morgan fingerprint density at radius 3 is 2.09 bits per heavy atom. The summed E-state index contributed by atoms with van der Waals surface area (Å²) in [5.74, 6) is -2.83. The zero-order chi connectivity index (χ0) is 24.8. The maximum absolute atomic E-state index is 13.6. The molecule has 0 spiro atoms. The van der Waals surface area contributed by atoms with Crippen molar-refractivity contribution in [3.8, 4) is 0 Å². The van der Waals surface area contributed by atoms with Gasteiger partial charge >= 0.3 is 6.03 Å². The molecule has 1 heterocycles. The van der Waals surface area contributed by atoms with E-state index in [1.54, 1.807) is 0 Å². The number of fused-ring (bicyclic) bond motifs is 1. The molecular weight excluding hydrogens is 414 g/mol. The molecule has 2 aliphatic rings. The number of ketones is 1. The van der Waals surface area contributed by atoms with Gasteiger partial charge in [0.15, 0.2) is 0 Å². The zero-order valence-electron chi connectivity index (χ0n) is 20.3. The SMILES string of the molecule is CC(C)(C)NC(=O)N[C@H](C(=O)N1C[C@H]2[C@@H]([C@H]1C(=O)NCC(=O)C(N)=O)C2(C)C)C(C)(C)C. The lowest BCUT2D eigenvalue weighted by atomic mass is 9.85. The third-order valence-corrected chi connectivity index (χ3v) is 6.34. The molecule has 0 aromatic heterocycles. The third kappa shape index (κ3) is 5.39. The largest absolute Gasteiger partial charge is 0.363 e. The van der Waals surface area contributed by atoms with Crippen molar-refractivity contribution in [1.29, 1.82) is 0 Å². The van der Waals surface area contributed by atoms with E-state index < -0.39 is 53.2 Å². The maximum atomic E-state index is 13.6. The van der Waals surface area contributed by atoms with Crippen LogP contribution in [0.5, 0.6) is 0 Å². The molecule has 5 amide bonds. The number of hydrogen-bond donors (Lipinski definition) is 4. The van der Waals surface area contributed by atoms with Gasteiger partial charge < -0.3 is 26.6 Å². The fourth-order valence-corrected chi connectivity index (χ4v) is 4.49. The molecule has 0 unspecified atom stereocenters. The summed E-state index contributed by atoms with van der Waals surface area (Å²) in [6.07, 6.45) is 0. The van der Waals surface area contributed by atoms with E-state index in [1.165, 1.54) is 4.90 Å². The molecule has 4 atom stereocenters. The minimum absolute atomic E-state index is 0.0702. The second kappa shape index (κ2) is 8.37. The van der Waals surface area contributed by atoms with Crippen molar-refractivity contribution in [2.75, 3.05) is 13.1 Å². The number of nitrogens with two attached hydrogens (primary N) is 1. The Bertz CT molecular complexity index is 824. The van der Waals surface area contributed by atoms with Crippen LogP contribution >= 0.6 is 0 Å². The summed E-state index contributed by atoms with van der Waals surface area (Å²) in [5, 5.41) is 8.02. The molecular formula is C22H37N5O5. The van der Waals surface area contributed by atoms with Crippen molar-refractivity contribution in [1.82, 2.24) is 20.9 Å². The number of rotatable bonds is 6. The molecule has 0 aromatic rings. The summed E-state index contributed by atoms with van der Waals surface area (Å²) < 4.78 is 0. The van der Waals surface area contributed by atoms with Crippen molar-refractivity contribution in [3.05, 3.63) is 0 Å². The van der Waals surface area contributed by atoms with Crippen molar-refractivity contribution in [3.63, 3.8) is 0 Å². The first kappa shape index (κ1) is 25.6. The van der Waals surface area contributed by atoms with Crippen LogP contribution in [0.15, 0.2) is 0 Å². The molecule has 0 radical (unpaired) electrons. The third-order valence-electron chi connectivity index (χ3n) is 6.34. The fourth-order valence-electron chi connectivity index (χ4n) is 4.49. The highest BCUT2D eigenvalue weighted by molar-refractivity contribution is 6.36. The van der Waals surface area contributed by atoms with Crippen molar-refractivity contribution >= 4 is 29.5 Å². The van der Waals surface area contributed by atoms with Crippen molar-refractivity contribution in [2.24, 2.45) is 28.4 Å². The number of likely N-dealkylation sites (tertiary alicyclic amines) is 1. The highest BCUT2D eigenvalue weighted by atomic mass is 16.2. The van der Waals surface area contributed by atoms with Crippen LogP contribution in [0, 0.1) is 22.7 Å². The topological polar surface area (TPSA) is 151 Å². The number of primary amides is 1. The molecule has 32 heavy (non-hydrogen) atoms. The first-order chi connectivity index (χ1) is 14.4. The Hall–Kier alpha value is -2.65. The molecule has 0 aromatic carbocycles. The number of nitrogens with one attached hydrogen (secondary N) is 3. The standard InChI is InChI=1S/C22H37N5O5/c1-20(2,3)15(25-19(32)26-21(4,5)6)18(31)27-10-11-13(22(11,7)8)14(27)17(30)24-9-12(28)16(23)29/h11,13-15H,9-10H2,1-8H3,(H2,23,29)(H,24,30)(H2,25,26,32)/t11-,13-,14-,15+/m0/s1. The maximum Gasteiger partial charge on any atom is 0.315 e. The van der Waals surface area contributed by atoms with Crippen molar-refractivity contribution in [2.45, 2.75) is 73.0 Å². The van der Waals surface area contributed by atoms with Gasteiger partial charge in [-0.3, -0.25) is 19.2 Å². The first-order valence-corrected chi connectivity index (χ1v) is 10.9. The number of urea groups is 1. The molecule has 2 rings (SSSR count). The summed E-state index contributed by atoms with van der Waals surface area (Å²) in [4.78, 5) is 63.1. The predicted molar refractivity (Wildman–Crippen MR) is 118 cm³/mol. The van der Waals surface area contributed by atoms with Gasteiger partial charge in [0.2, 0.25) is 17.6 Å². The molecule has 180 valence electrons. The fraction of sp³-hybridized carbons (Fsp3) is 0.773. The lowest BCUT2D eigenvalue weighted by Crippen LogP contribution is -2.61. The monoisotopic (exact) mass is 451 g/mol. The number of carbonyl (C=O) groups excluding carboxylic acids is 5. The average molecular weight is 452 g/mol. The number of amides is 5. The van der Waals surface area contributed by atoms with Crippen LogP contribution in [0.4, 0.5) is 4.79 Å². The van der Waals surface area contributed by atoms with Crippen molar-refractivity contribution < 1.29 is 24.0 Å². The van der Waals surface area contributed by atoms with Crippen LogP contribution in [-0.4, -0.2) is 65.1 Å². The molecule has 0 bridgehead atoms. The molecule has 10 nitrogen and oxygen atoms in total. The van der Waals surface area contributed by atoms with E-state index in [-0.39, 0.29) is 23.2 Å². The second-order valence-electron chi connectivity index (χ2n) is 11.5. The Morgan fingerprint density at radius 2 is 1.62 bits per heavy atom. The van der Waals surface area contributed by atoms with E-state index in [2.05, 4.69) is 16.0 Å². The minimum atomic E-state index is -1.13. The molecule has 1 saturated heterocycles. The van der Waals surface area contributed by atoms with E-state index in [1.807, 2.05) is 55.4 Å². The zero-order valence-corrected chi connectivity index (χ0v) is 20.3. The van der Waals surface area contributed by atoms with E-state index in [4.69, 9.17) is 5.73 Å². The summed E-state index contributed by atoms with van der Waals surface area (Å²) in [7, 11) is 0. The van der Waals surface area contributed by atoms with Gasteiger partial charge in [-0.2, -0.15) is 0 Å². The molecule has 10 heteroatoms. The van der Waals surface area contributed by atoms with Crippen LogP contribution in [0.25, 0.3) is 0 Å². The molecule has 1 aliphatic heterocycles. The Kier molecular flexibility index (Phi) is 6.69. The molecule has 1 saturated carbocycles. The Labute approximate surface area is 189 Å². The van der Waals surface area contributed by atoms with Crippen LogP contribution in [-0.2, 0) is 19.2 Å². The second-order valence-corrected chi connectivity index (χ2v) is 11.5. The summed E-state index contributed by atoms with van der Waals surface area (Å²) in [6, 6.07) is -2.13. The Balaban J connectivity index is 2.24. The number of carbonyl (C=O) groups is 5. The van der Waals surface area contributed by atoms with E-state index in [0.29, 0.717) is 6.54 Å². The van der Waals surface area contributed by atoms with Gasteiger partial charge in [-0.15, -0.1) is 0 Å². The van der Waals surface area contributed by atoms with Gasteiger partial charge in [-0.25, -0.2) is 4.79 Å². The normalized spacial score (nSPS) is 24.8. The molecule has 1 aliphatic carbocycles. The van der Waals surface area contributed by atoms with Gasteiger partial charge in [0.1, 0.15) is 12.1 Å². The van der Waals surface area contributed by atoms with Gasteiger partial charge in [0.05, 0.1) is 6.54 Å². The number of hydrogen-bond acceptors (Lipinski definition) is 5. The number of piperidine rings is 1. The Morgan fingerprint density at radius 1 is 1.06 bits per heavy atom. The van der Waals surface area contributed by atoms with E-state index >= 15 is 0 Å². The van der Waals surface area contributed by atoms with Gasteiger partial charge in [0, 0.05) is 12.1 Å². The van der Waals surface area contributed by atoms with Gasteiger partial charge in [-0.1, -0.05) is 34.6 Å². The minimum Gasteiger partial charge on any atom is -0.363 e. The smallest absolute Gasteiger partial charge is 0.315 e. The summed E-state index contributed by atoms with van der Waals surface area (Å²) in [5.41, 5.74) is 3.74. The highest BCUT2D eigenvalue weighted by Gasteiger charge is 2.69. The van der Waals surface area contributed by atoms with Crippen LogP contribution in [0.3, 0.4) is 0 Å². The van der Waals surface area contributed by atoms with Crippen LogP contribution in [0.1, 0.15) is 55.4 Å². The first-order valence-electron chi connectivity index (χ1n) is 10.9. The van der Waals surface area contributed by atoms with E-state index in [9.17, 15) is 24.0 Å². The van der Waals surface area contributed by atoms with Crippen LogP contribution < -0.4 is 21.7 Å². The quantitative estimate of drug-likeness (QED) is 0.424. The lowest BCUT2D eigenvalue weighted by molar-refractivity contribution is -0.144. The molecule has 2 fully saturated rings. The molecule has 5 N–H and O–H groups in total. The van der Waals surface area contributed by atoms with E-state index in [0.717, 1.165) is 0 Å². The number of nitrogens with zero attached hydrogens (tertiary/aromatic N) is 1. The average Bonchev–Trinajstić information content (AvgIpc) is 2.97. The summed E-state index contributed by atoms with van der Waals surface area (Å²) in [6.45, 7) is 15.0. The highest BCUT2D eigenvalue weighted by Crippen LogP contribution is 2.65. The van der Waals surface area contributed by atoms with Gasteiger partial charge in [-0.05, 0) is 43.4 Å². The van der Waals surface area contributed by atoms with Crippen LogP contribution in [0.2, 0.25) is 0 Å². The van der Waals surface area contributed by atoms with Gasteiger partial charge in [0.25, 0.3) is 5.91 Å². The predicted octanol–water partition coefficient (Wildman–Crippen LogP) is 0.152.